The van der Waals surface area contributed by atoms with Gasteiger partial charge in [0.2, 0.25) is 10.0 Å². The summed E-state index contributed by atoms with van der Waals surface area (Å²) in [7, 11) is -3.46. The highest BCUT2D eigenvalue weighted by molar-refractivity contribution is 7.92. The van der Waals surface area contributed by atoms with Crippen molar-refractivity contribution in [2.75, 3.05) is 29.4 Å². The maximum absolute atomic E-state index is 11.7. The molecule has 4 rings (SSSR count). The highest BCUT2D eigenvalue weighted by Gasteiger charge is 2.13. The first-order valence-corrected chi connectivity index (χ1v) is 12.0. The minimum absolute atomic E-state index is 0.205. The summed E-state index contributed by atoms with van der Waals surface area (Å²) in [6.45, 7) is 5.03. The van der Waals surface area contributed by atoms with Crippen molar-refractivity contribution in [1.82, 2.24) is 19.9 Å². The lowest BCUT2D eigenvalue weighted by atomic mass is 10.1. The number of aromatic nitrogens is 3. The summed E-state index contributed by atoms with van der Waals surface area (Å²) >= 11 is 0. The van der Waals surface area contributed by atoms with E-state index in [1.54, 1.807) is 12.3 Å². The van der Waals surface area contributed by atoms with Crippen LogP contribution in [0, 0.1) is 6.92 Å². The van der Waals surface area contributed by atoms with Crippen molar-refractivity contribution in [1.29, 1.82) is 0 Å². The monoisotopic (exact) mass is 426 g/mol. The van der Waals surface area contributed by atoms with Crippen LogP contribution in [0.3, 0.4) is 0 Å². The molecular weight excluding hydrogens is 400 g/mol. The average molecular weight is 427 g/mol. The molecule has 30 heavy (non-hydrogen) atoms. The molecule has 1 aliphatic heterocycles. The maximum atomic E-state index is 11.7. The van der Waals surface area contributed by atoms with Crippen LogP contribution in [0.25, 0.3) is 11.2 Å². The lowest BCUT2D eigenvalue weighted by molar-refractivity contribution is 0.221. The predicted molar refractivity (Wildman–Crippen MR) is 119 cm³/mol. The molecule has 0 aliphatic carbocycles. The molecule has 1 aliphatic rings. The van der Waals surface area contributed by atoms with Crippen molar-refractivity contribution in [2.24, 2.45) is 0 Å². The first kappa shape index (κ1) is 20.5. The average Bonchev–Trinajstić information content (AvgIpc) is 2.67. The number of sulfonamides is 1. The zero-order valence-electron chi connectivity index (χ0n) is 17.2. The Balaban J connectivity index is 1.64. The highest BCUT2D eigenvalue weighted by Crippen LogP contribution is 2.27. The molecule has 1 fully saturated rings. The molecule has 2 N–H and O–H groups in total. The number of fused-ring (bicyclic) bond motifs is 1. The third kappa shape index (κ3) is 5.22. The van der Waals surface area contributed by atoms with E-state index < -0.39 is 10.0 Å². The molecule has 0 radical (unpaired) electrons. The zero-order chi connectivity index (χ0) is 21.1. The number of nitrogens with one attached hydrogen (secondary N) is 2. The van der Waals surface area contributed by atoms with Gasteiger partial charge in [0.1, 0.15) is 11.3 Å². The number of anilines is 3. The van der Waals surface area contributed by atoms with Crippen molar-refractivity contribution >= 4 is 38.4 Å². The van der Waals surface area contributed by atoms with E-state index in [9.17, 15) is 8.42 Å². The van der Waals surface area contributed by atoms with Crippen LogP contribution >= 0.6 is 0 Å². The lowest BCUT2D eigenvalue weighted by Gasteiger charge is -2.26. The molecule has 0 atom stereocenters. The molecule has 1 aromatic carbocycles. The van der Waals surface area contributed by atoms with Crippen LogP contribution in [0.2, 0.25) is 0 Å². The van der Waals surface area contributed by atoms with E-state index in [2.05, 4.69) is 42.0 Å². The van der Waals surface area contributed by atoms with E-state index in [-0.39, 0.29) is 5.82 Å². The van der Waals surface area contributed by atoms with Crippen molar-refractivity contribution in [3.63, 3.8) is 0 Å². The van der Waals surface area contributed by atoms with E-state index in [0.29, 0.717) is 22.5 Å². The van der Waals surface area contributed by atoms with Crippen molar-refractivity contribution in [2.45, 2.75) is 32.7 Å². The fraction of sp³-hybridized carbons (Fsp3) is 0.381. The van der Waals surface area contributed by atoms with Gasteiger partial charge in [-0.3, -0.25) is 9.62 Å². The first-order chi connectivity index (χ1) is 14.4. The Morgan fingerprint density at radius 3 is 2.67 bits per heavy atom. The van der Waals surface area contributed by atoms with Crippen molar-refractivity contribution in [3.8, 4) is 0 Å². The molecule has 158 valence electrons. The number of nitrogens with zero attached hydrogens (tertiary/aromatic N) is 4. The summed E-state index contributed by atoms with van der Waals surface area (Å²) < 4.78 is 25.8. The highest BCUT2D eigenvalue weighted by atomic mass is 32.2. The third-order valence-electron chi connectivity index (χ3n) is 4.99. The number of aryl methyl sites for hydroxylation is 1. The molecule has 8 nitrogen and oxygen atoms in total. The summed E-state index contributed by atoms with van der Waals surface area (Å²) in [5, 5.41) is 3.37. The van der Waals surface area contributed by atoms with Gasteiger partial charge in [0, 0.05) is 24.5 Å². The summed E-state index contributed by atoms with van der Waals surface area (Å²) in [6, 6.07) is 9.90. The van der Waals surface area contributed by atoms with Gasteiger partial charge < -0.3 is 5.32 Å². The first-order valence-electron chi connectivity index (χ1n) is 10.1. The molecule has 9 heteroatoms. The molecular formula is C21H26N6O2S. The van der Waals surface area contributed by atoms with Crippen molar-refractivity contribution < 1.29 is 8.42 Å². The molecule has 3 aromatic rings. The minimum atomic E-state index is -3.46. The third-order valence-corrected chi connectivity index (χ3v) is 5.57. The predicted octanol–water partition coefficient (Wildman–Crippen LogP) is 3.43. The van der Waals surface area contributed by atoms with Crippen LogP contribution in [-0.4, -0.2) is 47.6 Å². The van der Waals surface area contributed by atoms with Crippen LogP contribution < -0.4 is 10.0 Å². The standard InChI is InChI=1S/C21H26N6O2S/c1-15-13-22-20-18(12-19(25-21(20)23-15)26-30(2,28)29)24-17-8-6-7-16(11-17)14-27-9-4-3-5-10-27/h6-8,11-13H,3-5,9-10,14H2,1-2H3,(H2,23,24,25,26). The number of hydrogen-bond donors (Lipinski definition) is 2. The Morgan fingerprint density at radius 2 is 1.90 bits per heavy atom. The normalized spacial score (nSPS) is 15.3. The number of pyridine rings is 1. The molecule has 0 amide bonds. The molecule has 0 spiro atoms. The van der Waals surface area contributed by atoms with Crippen LogP contribution in [0.5, 0.6) is 0 Å². The number of piperidine rings is 1. The summed E-state index contributed by atoms with van der Waals surface area (Å²) in [5.74, 6) is 0.205. The van der Waals surface area contributed by atoms with Crippen LogP contribution in [-0.2, 0) is 16.6 Å². The lowest BCUT2D eigenvalue weighted by Crippen LogP contribution is -2.29. The van der Waals surface area contributed by atoms with E-state index in [4.69, 9.17) is 0 Å². The van der Waals surface area contributed by atoms with Crippen LogP contribution in [0.15, 0.2) is 36.5 Å². The topological polar surface area (TPSA) is 100 Å². The van der Waals surface area contributed by atoms with Gasteiger partial charge in [0.25, 0.3) is 0 Å². The Bertz CT molecular complexity index is 1160. The van der Waals surface area contributed by atoms with E-state index in [0.717, 1.165) is 31.6 Å². The number of likely N-dealkylation sites (tertiary alicyclic amines) is 1. The van der Waals surface area contributed by atoms with Gasteiger partial charge in [-0.15, -0.1) is 0 Å². The summed E-state index contributed by atoms with van der Waals surface area (Å²) in [4.78, 5) is 15.7. The largest absolute Gasteiger partial charge is 0.354 e. The fourth-order valence-corrected chi connectivity index (χ4v) is 4.18. The quantitative estimate of drug-likeness (QED) is 0.623. The molecule has 0 unspecified atom stereocenters. The Labute approximate surface area is 176 Å². The fourth-order valence-electron chi connectivity index (χ4n) is 3.70. The van der Waals surface area contributed by atoms with Gasteiger partial charge >= 0.3 is 0 Å². The Morgan fingerprint density at radius 1 is 1.10 bits per heavy atom. The molecule has 1 saturated heterocycles. The Hall–Kier alpha value is -2.78. The van der Waals surface area contributed by atoms with Gasteiger partial charge in [-0.05, 0) is 50.6 Å². The van der Waals surface area contributed by atoms with Gasteiger partial charge in [-0.25, -0.2) is 23.4 Å². The van der Waals surface area contributed by atoms with E-state index >= 15 is 0 Å². The molecule has 3 heterocycles. The molecule has 0 bridgehead atoms. The summed E-state index contributed by atoms with van der Waals surface area (Å²) in [6.07, 6.45) is 6.60. The molecule has 2 aromatic heterocycles. The maximum Gasteiger partial charge on any atom is 0.230 e. The van der Waals surface area contributed by atoms with Gasteiger partial charge in [-0.2, -0.15) is 0 Å². The zero-order valence-corrected chi connectivity index (χ0v) is 18.0. The van der Waals surface area contributed by atoms with Gasteiger partial charge in [0.05, 0.1) is 17.6 Å². The van der Waals surface area contributed by atoms with E-state index in [1.165, 1.54) is 24.8 Å². The number of rotatable bonds is 6. The molecule has 0 saturated carbocycles. The smallest absolute Gasteiger partial charge is 0.230 e. The van der Waals surface area contributed by atoms with Crippen molar-refractivity contribution in [3.05, 3.63) is 47.8 Å². The summed E-state index contributed by atoms with van der Waals surface area (Å²) in [5.41, 5.74) is 4.47. The van der Waals surface area contributed by atoms with Gasteiger partial charge in [0.15, 0.2) is 5.65 Å². The van der Waals surface area contributed by atoms with E-state index in [1.807, 2.05) is 19.1 Å². The second kappa shape index (κ2) is 8.53. The number of benzene rings is 1. The minimum Gasteiger partial charge on any atom is -0.354 e. The Kier molecular flexibility index (Phi) is 5.83. The van der Waals surface area contributed by atoms with Gasteiger partial charge in [-0.1, -0.05) is 18.6 Å². The number of hydrogen-bond acceptors (Lipinski definition) is 7. The van der Waals surface area contributed by atoms with Crippen LogP contribution in [0.4, 0.5) is 17.2 Å². The van der Waals surface area contributed by atoms with Crippen LogP contribution in [0.1, 0.15) is 30.5 Å². The second-order valence-corrected chi connectivity index (χ2v) is 9.52. The second-order valence-electron chi connectivity index (χ2n) is 7.78. The SMILES string of the molecule is Cc1cnc2c(Nc3cccc(CN4CCCCC4)c3)cc(NS(C)(=O)=O)nc2n1.